The minimum Gasteiger partial charge on any atom is -0.444 e. The van der Waals surface area contributed by atoms with Gasteiger partial charge in [0.05, 0.1) is 11.3 Å². The fraction of sp³-hybridized carbons (Fsp3) is 0.640. The van der Waals surface area contributed by atoms with Crippen molar-refractivity contribution in [1.29, 1.82) is 0 Å². The number of hydrogen-bond acceptors (Lipinski definition) is 4. The van der Waals surface area contributed by atoms with E-state index >= 15 is 0 Å². The SMILES string of the molecule is CC1(C)Cc2cc(NC(=O)OC(C)(C)C)ccc2C(CC(=O)C2CCCCCC2)=N1. The molecule has 3 rings (SSSR count). The topological polar surface area (TPSA) is 67.8 Å². The van der Waals surface area contributed by atoms with Crippen molar-refractivity contribution in [3.05, 3.63) is 29.3 Å². The third-order valence-corrected chi connectivity index (χ3v) is 5.77. The van der Waals surface area contributed by atoms with Gasteiger partial charge in [0.25, 0.3) is 0 Å². The zero-order valence-electron chi connectivity index (χ0n) is 19.1. The molecule has 5 nitrogen and oxygen atoms in total. The number of carbonyl (C=O) groups is 2. The van der Waals surface area contributed by atoms with Crippen molar-refractivity contribution in [1.82, 2.24) is 0 Å². The molecule has 0 unspecified atom stereocenters. The number of nitrogens with zero attached hydrogens (tertiary/aromatic N) is 1. The Kier molecular flexibility index (Phi) is 6.68. The smallest absolute Gasteiger partial charge is 0.412 e. The molecule has 1 heterocycles. The van der Waals surface area contributed by atoms with Crippen molar-refractivity contribution in [2.75, 3.05) is 5.32 Å². The Bertz CT molecular complexity index is 825. The minimum atomic E-state index is -0.543. The van der Waals surface area contributed by atoms with E-state index in [1.807, 2.05) is 39.0 Å². The first kappa shape index (κ1) is 22.5. The highest BCUT2D eigenvalue weighted by Crippen LogP contribution is 2.32. The van der Waals surface area contributed by atoms with Crippen molar-refractivity contribution in [3.8, 4) is 0 Å². The quantitative estimate of drug-likeness (QED) is 0.609. The van der Waals surface area contributed by atoms with Gasteiger partial charge in [-0.25, -0.2) is 4.79 Å². The summed E-state index contributed by atoms with van der Waals surface area (Å²) >= 11 is 0. The van der Waals surface area contributed by atoms with Gasteiger partial charge in [0.2, 0.25) is 0 Å². The number of aliphatic imine (C=N–C) groups is 1. The summed E-state index contributed by atoms with van der Waals surface area (Å²) in [6.07, 6.45) is 7.54. The Hall–Kier alpha value is -2.17. The molecule has 1 aromatic rings. The molecule has 1 aromatic carbocycles. The highest BCUT2D eigenvalue weighted by molar-refractivity contribution is 6.13. The van der Waals surface area contributed by atoms with Crippen molar-refractivity contribution in [3.63, 3.8) is 0 Å². The number of ketones is 1. The summed E-state index contributed by atoms with van der Waals surface area (Å²) in [5, 5.41) is 2.82. The summed E-state index contributed by atoms with van der Waals surface area (Å²) in [6, 6.07) is 5.84. The number of ether oxygens (including phenoxy) is 1. The molecule has 5 heteroatoms. The van der Waals surface area contributed by atoms with Crippen LogP contribution >= 0.6 is 0 Å². The molecule has 1 aliphatic carbocycles. The number of amides is 1. The molecule has 1 N–H and O–H groups in total. The Morgan fingerprint density at radius 1 is 1.13 bits per heavy atom. The number of rotatable bonds is 4. The summed E-state index contributed by atoms with van der Waals surface area (Å²) < 4.78 is 5.36. The molecule has 0 bridgehead atoms. The third-order valence-electron chi connectivity index (χ3n) is 5.77. The van der Waals surface area contributed by atoms with Crippen LogP contribution in [0.15, 0.2) is 23.2 Å². The molecular formula is C25H36N2O3. The van der Waals surface area contributed by atoms with Crippen LogP contribution in [0.4, 0.5) is 10.5 Å². The molecule has 1 aliphatic heterocycles. The van der Waals surface area contributed by atoms with Crippen LogP contribution in [0, 0.1) is 5.92 Å². The largest absolute Gasteiger partial charge is 0.444 e. The van der Waals surface area contributed by atoms with Gasteiger partial charge in [0.1, 0.15) is 11.4 Å². The Balaban J connectivity index is 1.77. The summed E-state index contributed by atoms with van der Waals surface area (Å²) in [6.45, 7) is 9.72. The van der Waals surface area contributed by atoms with Crippen LogP contribution in [-0.2, 0) is 16.0 Å². The summed E-state index contributed by atoms with van der Waals surface area (Å²) in [4.78, 5) is 30.1. The Morgan fingerprint density at radius 3 is 2.43 bits per heavy atom. The van der Waals surface area contributed by atoms with Crippen molar-refractivity contribution in [2.45, 2.75) is 97.1 Å². The van der Waals surface area contributed by atoms with Crippen LogP contribution in [0.3, 0.4) is 0 Å². The standard InChI is InChI=1S/C25H36N2O3/c1-24(2,3)30-23(29)26-19-12-13-20-18(14-19)16-25(4,5)27-21(20)15-22(28)17-10-8-6-7-9-11-17/h12-14,17H,6-11,15-16H2,1-5H3,(H,26,29). The Labute approximate surface area is 180 Å². The van der Waals surface area contributed by atoms with E-state index in [0.29, 0.717) is 17.9 Å². The van der Waals surface area contributed by atoms with E-state index in [1.165, 1.54) is 12.8 Å². The second-order valence-electron chi connectivity index (χ2n) is 10.4. The lowest BCUT2D eigenvalue weighted by atomic mass is 9.83. The second kappa shape index (κ2) is 8.91. The molecule has 30 heavy (non-hydrogen) atoms. The molecule has 0 spiro atoms. The lowest BCUT2D eigenvalue weighted by molar-refractivity contribution is -0.122. The molecule has 1 saturated carbocycles. The van der Waals surface area contributed by atoms with Crippen LogP contribution in [0.1, 0.15) is 90.7 Å². The molecule has 0 atom stereocenters. The van der Waals surface area contributed by atoms with Crippen LogP contribution in [0.25, 0.3) is 0 Å². The van der Waals surface area contributed by atoms with Gasteiger partial charge in [-0.15, -0.1) is 0 Å². The van der Waals surface area contributed by atoms with Gasteiger partial charge in [0, 0.05) is 18.0 Å². The molecular weight excluding hydrogens is 376 g/mol. The molecule has 164 valence electrons. The van der Waals surface area contributed by atoms with Crippen LogP contribution in [0.5, 0.6) is 0 Å². The van der Waals surface area contributed by atoms with E-state index in [-0.39, 0.29) is 11.5 Å². The van der Waals surface area contributed by atoms with E-state index < -0.39 is 11.7 Å². The van der Waals surface area contributed by atoms with Gasteiger partial charge < -0.3 is 4.74 Å². The van der Waals surface area contributed by atoms with Crippen molar-refractivity contribution < 1.29 is 14.3 Å². The first-order valence-corrected chi connectivity index (χ1v) is 11.3. The average Bonchev–Trinajstić information content (AvgIpc) is 2.88. The predicted octanol–water partition coefficient (Wildman–Crippen LogP) is 6.09. The van der Waals surface area contributed by atoms with E-state index in [4.69, 9.17) is 9.73 Å². The van der Waals surface area contributed by atoms with Crippen LogP contribution in [-0.4, -0.2) is 28.7 Å². The zero-order valence-corrected chi connectivity index (χ0v) is 19.1. The molecule has 0 saturated heterocycles. The monoisotopic (exact) mass is 412 g/mol. The molecule has 2 aliphatic rings. The van der Waals surface area contributed by atoms with Gasteiger partial charge >= 0.3 is 6.09 Å². The summed E-state index contributed by atoms with van der Waals surface area (Å²) in [5.41, 5.74) is 2.93. The maximum atomic E-state index is 13.0. The number of Topliss-reactive ketones (excluding diaryl/α,β-unsaturated/α-hetero) is 1. The summed E-state index contributed by atoms with van der Waals surface area (Å²) in [5.74, 6) is 0.507. The van der Waals surface area contributed by atoms with E-state index in [1.54, 1.807) is 0 Å². The number of fused-ring (bicyclic) bond motifs is 1. The first-order valence-electron chi connectivity index (χ1n) is 11.3. The normalized spacial score (nSPS) is 19.3. The van der Waals surface area contributed by atoms with Crippen LogP contribution in [0.2, 0.25) is 0 Å². The third kappa shape index (κ3) is 6.16. The lowest BCUT2D eigenvalue weighted by Gasteiger charge is -2.30. The van der Waals surface area contributed by atoms with Crippen molar-refractivity contribution in [2.24, 2.45) is 10.9 Å². The fourth-order valence-electron chi connectivity index (χ4n) is 4.50. The predicted molar refractivity (Wildman–Crippen MR) is 121 cm³/mol. The van der Waals surface area contributed by atoms with Gasteiger partial charge in [-0.2, -0.15) is 0 Å². The number of carbonyl (C=O) groups excluding carboxylic acids is 2. The minimum absolute atomic E-state index is 0.178. The molecule has 1 amide bonds. The average molecular weight is 413 g/mol. The lowest BCUT2D eigenvalue weighted by Crippen LogP contribution is -2.31. The summed E-state index contributed by atoms with van der Waals surface area (Å²) in [7, 11) is 0. The highest BCUT2D eigenvalue weighted by atomic mass is 16.6. The first-order chi connectivity index (χ1) is 14.0. The Morgan fingerprint density at radius 2 is 1.80 bits per heavy atom. The van der Waals surface area contributed by atoms with Crippen molar-refractivity contribution >= 4 is 23.3 Å². The van der Waals surface area contributed by atoms with Gasteiger partial charge in [-0.3, -0.25) is 15.1 Å². The number of nitrogens with one attached hydrogen (secondary N) is 1. The number of hydrogen-bond donors (Lipinski definition) is 1. The van der Waals surface area contributed by atoms with Gasteiger partial charge in [0.15, 0.2) is 0 Å². The van der Waals surface area contributed by atoms with E-state index in [9.17, 15) is 9.59 Å². The molecule has 0 aromatic heterocycles. The maximum Gasteiger partial charge on any atom is 0.412 e. The molecule has 1 fully saturated rings. The van der Waals surface area contributed by atoms with E-state index in [2.05, 4.69) is 19.2 Å². The highest BCUT2D eigenvalue weighted by Gasteiger charge is 2.30. The number of anilines is 1. The fourth-order valence-corrected chi connectivity index (χ4v) is 4.50. The van der Waals surface area contributed by atoms with E-state index in [0.717, 1.165) is 48.9 Å². The molecule has 0 radical (unpaired) electrons. The maximum absolute atomic E-state index is 13.0. The van der Waals surface area contributed by atoms with Gasteiger partial charge in [-0.05, 0) is 77.1 Å². The zero-order chi connectivity index (χ0) is 21.9. The van der Waals surface area contributed by atoms with Crippen LogP contribution < -0.4 is 5.32 Å². The second-order valence-corrected chi connectivity index (χ2v) is 10.4. The van der Waals surface area contributed by atoms with Gasteiger partial charge in [-0.1, -0.05) is 31.7 Å². The number of benzene rings is 1.